The number of hydrogen-bond acceptors (Lipinski definition) is 0. The molecule has 68 valence electrons. The van der Waals surface area contributed by atoms with Crippen LogP contribution < -0.4 is 5.46 Å². The molecule has 13 heavy (non-hydrogen) atoms. The highest BCUT2D eigenvalue weighted by molar-refractivity contribution is 6.32. The number of rotatable bonds is 3. The minimum atomic E-state index is 0.586. The molecular weight excluding hydrogens is 155 g/mol. The van der Waals surface area contributed by atoms with E-state index in [2.05, 4.69) is 39.0 Å². The molecule has 0 radical (unpaired) electrons. The van der Waals surface area contributed by atoms with Crippen LogP contribution in [-0.2, 0) is 5.41 Å². The Kier molecular flexibility index (Phi) is 2.19. The lowest BCUT2D eigenvalue weighted by Gasteiger charge is -2.14. The van der Waals surface area contributed by atoms with Crippen LogP contribution in [0.2, 0.25) is 0 Å². The second-order valence-corrected chi connectivity index (χ2v) is 4.40. The third-order valence-corrected chi connectivity index (χ3v) is 3.25. The highest BCUT2D eigenvalue weighted by Crippen LogP contribution is 2.51. The van der Waals surface area contributed by atoms with E-state index in [1.54, 1.807) is 5.56 Å². The van der Waals surface area contributed by atoms with E-state index >= 15 is 0 Å². The van der Waals surface area contributed by atoms with Crippen LogP contribution in [0.1, 0.15) is 38.2 Å². The summed E-state index contributed by atoms with van der Waals surface area (Å²) in [6.07, 6.45) is 5.50. The van der Waals surface area contributed by atoms with Crippen LogP contribution in [0.15, 0.2) is 24.3 Å². The van der Waals surface area contributed by atoms with Gasteiger partial charge in [-0.15, -0.1) is 0 Å². The molecule has 1 aliphatic rings. The molecule has 1 heteroatoms. The van der Waals surface area contributed by atoms with E-state index in [1.807, 2.05) is 0 Å². The topological polar surface area (TPSA) is 0 Å². The Bertz CT molecular complexity index is 282. The normalized spacial score (nSPS) is 18.5. The van der Waals surface area contributed by atoms with Crippen molar-refractivity contribution >= 4 is 13.3 Å². The first-order chi connectivity index (χ1) is 6.27. The lowest BCUT2D eigenvalue weighted by Crippen LogP contribution is -2.08. The van der Waals surface area contributed by atoms with Crippen molar-refractivity contribution in [1.82, 2.24) is 0 Å². The Balaban J connectivity index is 2.20. The van der Waals surface area contributed by atoms with Gasteiger partial charge in [-0.1, -0.05) is 43.1 Å². The van der Waals surface area contributed by atoms with Crippen LogP contribution in [0.3, 0.4) is 0 Å². The maximum atomic E-state index is 2.32. The molecule has 0 spiro atoms. The largest absolute Gasteiger partial charge is 0.139 e. The molecule has 0 saturated heterocycles. The molecule has 0 heterocycles. The number of hydrogen-bond donors (Lipinski definition) is 0. The fourth-order valence-corrected chi connectivity index (χ4v) is 2.22. The first-order valence-corrected chi connectivity index (χ1v) is 5.34. The van der Waals surface area contributed by atoms with Gasteiger partial charge in [0, 0.05) is 0 Å². The molecule has 0 atom stereocenters. The molecule has 0 amide bonds. The van der Waals surface area contributed by atoms with Gasteiger partial charge in [-0.3, -0.25) is 0 Å². The predicted molar refractivity (Wildman–Crippen MR) is 60.4 cm³/mol. The van der Waals surface area contributed by atoms with E-state index in [0.29, 0.717) is 5.41 Å². The average molecular weight is 172 g/mol. The second kappa shape index (κ2) is 3.21. The van der Waals surface area contributed by atoms with E-state index < -0.39 is 0 Å². The zero-order chi connectivity index (χ0) is 9.31. The summed E-state index contributed by atoms with van der Waals surface area (Å²) in [7, 11) is 2.16. The van der Waals surface area contributed by atoms with Gasteiger partial charge in [0.2, 0.25) is 0 Å². The molecular formula is C12H17B. The molecule has 0 nitrogen and oxygen atoms in total. The van der Waals surface area contributed by atoms with Crippen molar-refractivity contribution in [2.75, 3.05) is 0 Å². The van der Waals surface area contributed by atoms with Crippen molar-refractivity contribution in [2.45, 2.75) is 38.0 Å². The molecule has 0 aliphatic heterocycles. The third-order valence-electron chi connectivity index (χ3n) is 3.25. The quantitative estimate of drug-likeness (QED) is 0.609. The van der Waals surface area contributed by atoms with Gasteiger partial charge in [0.15, 0.2) is 0 Å². The fourth-order valence-electron chi connectivity index (χ4n) is 2.22. The van der Waals surface area contributed by atoms with Crippen molar-refractivity contribution in [3.8, 4) is 0 Å². The van der Waals surface area contributed by atoms with Crippen molar-refractivity contribution in [2.24, 2.45) is 0 Å². The Morgan fingerprint density at radius 2 is 1.85 bits per heavy atom. The molecule has 1 saturated carbocycles. The zero-order valence-electron chi connectivity index (χ0n) is 8.64. The maximum Gasteiger partial charge on any atom is 0.139 e. The van der Waals surface area contributed by atoms with Gasteiger partial charge >= 0.3 is 0 Å². The van der Waals surface area contributed by atoms with Crippen LogP contribution in [0.25, 0.3) is 0 Å². The lowest BCUT2D eigenvalue weighted by atomic mass is 9.88. The van der Waals surface area contributed by atoms with Crippen molar-refractivity contribution in [3.05, 3.63) is 29.8 Å². The Hall–Kier alpha value is -0.715. The molecule has 0 N–H and O–H groups in total. The molecule has 0 unspecified atom stereocenters. The van der Waals surface area contributed by atoms with E-state index in [1.165, 1.54) is 31.1 Å². The van der Waals surface area contributed by atoms with Crippen LogP contribution >= 0.6 is 0 Å². The maximum absolute atomic E-state index is 2.32. The van der Waals surface area contributed by atoms with Crippen molar-refractivity contribution < 1.29 is 0 Å². The average Bonchev–Trinajstić information content (AvgIpc) is 2.87. The highest BCUT2D eigenvalue weighted by Gasteiger charge is 2.42. The fraction of sp³-hybridized carbons (Fsp3) is 0.500. The first-order valence-electron chi connectivity index (χ1n) is 5.34. The van der Waals surface area contributed by atoms with Crippen LogP contribution in [-0.4, -0.2) is 7.85 Å². The molecule has 0 bridgehead atoms. The summed E-state index contributed by atoms with van der Waals surface area (Å²) in [5.74, 6) is 0. The van der Waals surface area contributed by atoms with Gasteiger partial charge in [0.25, 0.3) is 0 Å². The third kappa shape index (κ3) is 1.65. The van der Waals surface area contributed by atoms with Gasteiger partial charge in [0.1, 0.15) is 7.85 Å². The summed E-state index contributed by atoms with van der Waals surface area (Å²) >= 11 is 0. The molecule has 2 rings (SSSR count). The van der Waals surface area contributed by atoms with Crippen LogP contribution in [0.5, 0.6) is 0 Å². The van der Waals surface area contributed by atoms with E-state index in [-0.39, 0.29) is 0 Å². The zero-order valence-corrected chi connectivity index (χ0v) is 8.64. The van der Waals surface area contributed by atoms with Crippen LogP contribution in [0.4, 0.5) is 0 Å². The Morgan fingerprint density at radius 3 is 2.31 bits per heavy atom. The second-order valence-electron chi connectivity index (χ2n) is 4.40. The molecule has 0 aromatic heterocycles. The SMILES string of the molecule is Bc1ccc(C2(CCC)CC2)cc1. The van der Waals surface area contributed by atoms with E-state index in [0.717, 1.165) is 0 Å². The van der Waals surface area contributed by atoms with Gasteiger partial charge in [-0.2, -0.15) is 0 Å². The smallest absolute Gasteiger partial charge is 0.0889 e. The van der Waals surface area contributed by atoms with Crippen molar-refractivity contribution in [1.29, 1.82) is 0 Å². The van der Waals surface area contributed by atoms with Gasteiger partial charge in [0.05, 0.1) is 0 Å². The number of benzene rings is 1. The molecule has 1 aliphatic carbocycles. The minimum Gasteiger partial charge on any atom is -0.0889 e. The summed E-state index contributed by atoms with van der Waals surface area (Å²) in [5, 5.41) is 0. The molecule has 1 aromatic rings. The summed E-state index contributed by atoms with van der Waals surface area (Å²) < 4.78 is 0. The Labute approximate surface area is 81.8 Å². The van der Waals surface area contributed by atoms with Crippen molar-refractivity contribution in [3.63, 3.8) is 0 Å². The summed E-state index contributed by atoms with van der Waals surface area (Å²) in [6, 6.07) is 9.12. The summed E-state index contributed by atoms with van der Waals surface area (Å²) in [6.45, 7) is 2.29. The monoisotopic (exact) mass is 172 g/mol. The molecule has 1 aromatic carbocycles. The van der Waals surface area contributed by atoms with Gasteiger partial charge in [-0.25, -0.2) is 0 Å². The van der Waals surface area contributed by atoms with Gasteiger partial charge < -0.3 is 0 Å². The standard InChI is InChI=1S/C12H17B/c1-2-7-12(8-9-12)10-3-5-11(13)6-4-10/h3-6H,2,7-9,13H2,1H3. The predicted octanol–water partition coefficient (Wildman–Crippen LogP) is 1.78. The molecule has 1 fully saturated rings. The minimum absolute atomic E-state index is 0.586. The highest BCUT2D eigenvalue weighted by atomic mass is 14.5. The lowest BCUT2D eigenvalue weighted by molar-refractivity contribution is 0.607. The van der Waals surface area contributed by atoms with E-state index in [9.17, 15) is 0 Å². The first kappa shape index (κ1) is 8.86. The van der Waals surface area contributed by atoms with E-state index in [4.69, 9.17) is 0 Å². The summed E-state index contributed by atoms with van der Waals surface area (Å²) in [5.41, 5.74) is 3.53. The van der Waals surface area contributed by atoms with Gasteiger partial charge in [-0.05, 0) is 30.2 Å². The van der Waals surface area contributed by atoms with Crippen LogP contribution in [0, 0.1) is 0 Å². The Morgan fingerprint density at radius 1 is 1.23 bits per heavy atom. The summed E-state index contributed by atoms with van der Waals surface area (Å²) in [4.78, 5) is 0.